The third-order valence-electron chi connectivity index (χ3n) is 4.58. The van der Waals surface area contributed by atoms with Crippen LogP contribution in [0.5, 0.6) is 11.5 Å². The number of rotatable bonds is 2. The zero-order valence-corrected chi connectivity index (χ0v) is 13.9. The second-order valence-corrected chi connectivity index (χ2v) is 6.11. The molecule has 0 N–H and O–H groups in total. The van der Waals surface area contributed by atoms with Gasteiger partial charge < -0.3 is 13.9 Å². The molecule has 0 radical (unpaired) electrons. The minimum absolute atomic E-state index is 0.191. The van der Waals surface area contributed by atoms with E-state index in [1.54, 1.807) is 13.2 Å². The average molecular weight is 336 g/mol. The van der Waals surface area contributed by atoms with Crippen LogP contribution in [0.15, 0.2) is 51.7 Å². The quantitative estimate of drug-likeness (QED) is 0.407. The van der Waals surface area contributed by atoms with Gasteiger partial charge in [0.05, 0.1) is 13.5 Å². The van der Waals surface area contributed by atoms with Gasteiger partial charge in [-0.15, -0.1) is 0 Å². The summed E-state index contributed by atoms with van der Waals surface area (Å²) in [6.07, 6.45) is 0.191. The Bertz CT molecular complexity index is 1030. The summed E-state index contributed by atoms with van der Waals surface area (Å²) >= 11 is 0. The van der Waals surface area contributed by atoms with Crippen LogP contribution in [0.3, 0.4) is 0 Å². The number of hydrogen-bond donors (Lipinski definition) is 0. The molecule has 0 bridgehead atoms. The third-order valence-corrected chi connectivity index (χ3v) is 4.58. The van der Waals surface area contributed by atoms with Gasteiger partial charge in [0, 0.05) is 22.9 Å². The number of carbonyl (C=O) groups is 1. The van der Waals surface area contributed by atoms with Crippen LogP contribution in [0.25, 0.3) is 11.0 Å². The fourth-order valence-electron chi connectivity index (χ4n) is 3.36. The summed E-state index contributed by atoms with van der Waals surface area (Å²) in [5.41, 5.74) is 2.58. The zero-order valence-electron chi connectivity index (χ0n) is 13.9. The van der Waals surface area contributed by atoms with Gasteiger partial charge in [0.1, 0.15) is 17.1 Å². The monoisotopic (exact) mass is 336 g/mol. The van der Waals surface area contributed by atoms with Crippen molar-refractivity contribution >= 4 is 16.9 Å². The molecule has 1 aliphatic rings. The smallest absolute Gasteiger partial charge is 0.336 e. The minimum atomic E-state index is -0.413. The van der Waals surface area contributed by atoms with E-state index in [-0.39, 0.29) is 18.3 Å². The summed E-state index contributed by atoms with van der Waals surface area (Å²) in [5.74, 6) is 0.638. The number of fused-ring (bicyclic) bond motifs is 3. The lowest BCUT2D eigenvalue weighted by atomic mass is 9.85. The third kappa shape index (κ3) is 2.58. The number of benzene rings is 2. The molecule has 5 heteroatoms. The van der Waals surface area contributed by atoms with E-state index in [0.717, 1.165) is 27.8 Å². The molecule has 3 aromatic rings. The van der Waals surface area contributed by atoms with Gasteiger partial charge in [0.25, 0.3) is 0 Å². The minimum Gasteiger partial charge on any atom is -0.497 e. The molecule has 4 rings (SSSR count). The van der Waals surface area contributed by atoms with E-state index in [4.69, 9.17) is 13.9 Å². The molecule has 0 saturated carbocycles. The predicted octanol–water partition coefficient (Wildman–Crippen LogP) is 3.55. The standard InChI is InChI=1S/C20H16O5/c1-11-9-17(21)25-20-14(11)7-8-16-19(20)15(10-18(22)24-16)12-3-5-13(23-2)6-4-12/h3-9,15H,10H2,1-2H3. The van der Waals surface area contributed by atoms with Gasteiger partial charge in [0.15, 0.2) is 0 Å². The van der Waals surface area contributed by atoms with Gasteiger partial charge in [-0.25, -0.2) is 4.79 Å². The van der Waals surface area contributed by atoms with Crippen molar-refractivity contribution in [2.45, 2.75) is 19.3 Å². The van der Waals surface area contributed by atoms with Crippen molar-refractivity contribution in [3.63, 3.8) is 0 Å². The molecule has 25 heavy (non-hydrogen) atoms. The Hall–Kier alpha value is -3.08. The zero-order chi connectivity index (χ0) is 17.6. The summed E-state index contributed by atoms with van der Waals surface area (Å²) in [4.78, 5) is 24.0. The van der Waals surface area contributed by atoms with E-state index in [2.05, 4.69) is 0 Å². The van der Waals surface area contributed by atoms with Crippen LogP contribution in [0.1, 0.15) is 29.0 Å². The Balaban J connectivity index is 1.98. The molecule has 2 heterocycles. The maximum Gasteiger partial charge on any atom is 0.336 e. The number of ether oxygens (including phenoxy) is 2. The summed E-state index contributed by atoms with van der Waals surface area (Å²) < 4.78 is 16.1. The Morgan fingerprint density at radius 1 is 1.08 bits per heavy atom. The maximum atomic E-state index is 12.1. The Kier molecular flexibility index (Phi) is 3.57. The first-order valence-corrected chi connectivity index (χ1v) is 7.99. The topological polar surface area (TPSA) is 65.7 Å². The molecular weight excluding hydrogens is 320 g/mol. The lowest BCUT2D eigenvalue weighted by Gasteiger charge is -2.25. The first kappa shape index (κ1) is 15.4. The lowest BCUT2D eigenvalue weighted by Crippen LogP contribution is -2.21. The summed E-state index contributed by atoms with van der Waals surface area (Å²) in [6.45, 7) is 1.86. The van der Waals surface area contributed by atoms with Crippen LogP contribution >= 0.6 is 0 Å². The molecule has 0 fully saturated rings. The highest BCUT2D eigenvalue weighted by Crippen LogP contribution is 2.43. The highest BCUT2D eigenvalue weighted by molar-refractivity contribution is 5.89. The van der Waals surface area contributed by atoms with E-state index in [1.807, 2.05) is 37.3 Å². The molecule has 2 aromatic carbocycles. The fraction of sp³-hybridized carbons (Fsp3) is 0.200. The van der Waals surface area contributed by atoms with Gasteiger partial charge in [-0.3, -0.25) is 4.79 Å². The van der Waals surface area contributed by atoms with Crippen LogP contribution in [-0.4, -0.2) is 13.1 Å². The van der Waals surface area contributed by atoms with Gasteiger partial charge >= 0.3 is 11.6 Å². The SMILES string of the molecule is COc1ccc(C2CC(=O)Oc3ccc4c(C)cc(=O)oc4c32)cc1. The van der Waals surface area contributed by atoms with Crippen molar-refractivity contribution in [2.75, 3.05) is 7.11 Å². The van der Waals surface area contributed by atoms with E-state index in [0.29, 0.717) is 11.3 Å². The first-order chi connectivity index (χ1) is 12.1. The Labute approximate surface area is 143 Å². The molecule has 1 aliphatic heterocycles. The highest BCUT2D eigenvalue weighted by Gasteiger charge is 2.31. The van der Waals surface area contributed by atoms with Gasteiger partial charge in [-0.05, 0) is 42.3 Å². The van der Waals surface area contributed by atoms with Crippen LogP contribution in [-0.2, 0) is 4.79 Å². The molecule has 126 valence electrons. The van der Waals surface area contributed by atoms with E-state index < -0.39 is 5.63 Å². The van der Waals surface area contributed by atoms with E-state index >= 15 is 0 Å². The molecular formula is C20H16O5. The van der Waals surface area contributed by atoms with E-state index in [1.165, 1.54) is 6.07 Å². The van der Waals surface area contributed by atoms with E-state index in [9.17, 15) is 9.59 Å². The van der Waals surface area contributed by atoms with Crippen molar-refractivity contribution < 1.29 is 18.7 Å². The van der Waals surface area contributed by atoms with Crippen molar-refractivity contribution in [1.82, 2.24) is 0 Å². The van der Waals surface area contributed by atoms with Crippen LogP contribution < -0.4 is 15.1 Å². The lowest BCUT2D eigenvalue weighted by molar-refractivity contribution is -0.135. The predicted molar refractivity (Wildman–Crippen MR) is 92.3 cm³/mol. The molecule has 5 nitrogen and oxygen atoms in total. The molecule has 1 aromatic heterocycles. The number of hydrogen-bond acceptors (Lipinski definition) is 5. The summed E-state index contributed by atoms with van der Waals surface area (Å²) in [5, 5.41) is 0.842. The molecule has 1 atom stereocenters. The van der Waals surface area contributed by atoms with Gasteiger partial charge in [-0.1, -0.05) is 12.1 Å². The number of methoxy groups -OCH3 is 1. The maximum absolute atomic E-state index is 12.1. The molecule has 0 spiro atoms. The van der Waals surface area contributed by atoms with Gasteiger partial charge in [-0.2, -0.15) is 0 Å². The first-order valence-electron chi connectivity index (χ1n) is 7.99. The van der Waals surface area contributed by atoms with Gasteiger partial charge in [0.2, 0.25) is 0 Å². The normalized spacial score (nSPS) is 16.4. The Morgan fingerprint density at radius 3 is 2.56 bits per heavy atom. The van der Waals surface area contributed by atoms with Crippen LogP contribution in [0, 0.1) is 6.92 Å². The van der Waals surface area contributed by atoms with Crippen molar-refractivity contribution in [3.8, 4) is 11.5 Å². The molecule has 1 unspecified atom stereocenters. The van der Waals surface area contributed by atoms with Crippen molar-refractivity contribution in [1.29, 1.82) is 0 Å². The summed E-state index contributed by atoms with van der Waals surface area (Å²) in [6, 6.07) is 12.6. The molecule has 0 amide bonds. The number of aryl methyl sites for hydroxylation is 1. The summed E-state index contributed by atoms with van der Waals surface area (Å²) in [7, 11) is 1.60. The highest BCUT2D eigenvalue weighted by atomic mass is 16.5. The number of esters is 1. The van der Waals surface area contributed by atoms with Crippen LogP contribution in [0.4, 0.5) is 0 Å². The van der Waals surface area contributed by atoms with Crippen molar-refractivity contribution in [2.24, 2.45) is 0 Å². The average Bonchev–Trinajstić information content (AvgIpc) is 2.60. The largest absolute Gasteiger partial charge is 0.497 e. The second-order valence-electron chi connectivity index (χ2n) is 6.11. The molecule has 0 saturated heterocycles. The number of carbonyl (C=O) groups excluding carboxylic acids is 1. The molecule has 0 aliphatic carbocycles. The fourth-order valence-corrected chi connectivity index (χ4v) is 3.36. The van der Waals surface area contributed by atoms with Crippen molar-refractivity contribution in [3.05, 3.63) is 69.6 Å². The second kappa shape index (κ2) is 5.77. The Morgan fingerprint density at radius 2 is 1.84 bits per heavy atom. The van der Waals surface area contributed by atoms with Crippen LogP contribution in [0.2, 0.25) is 0 Å².